The monoisotopic (exact) mass is 156 g/mol. The molecule has 2 nitrogen and oxygen atoms in total. The van der Waals surface area contributed by atoms with Gasteiger partial charge in [-0.3, -0.25) is 10.2 Å². The van der Waals surface area contributed by atoms with Gasteiger partial charge in [-0.05, 0) is 26.8 Å². The first-order chi connectivity index (χ1) is 5.04. The Morgan fingerprint density at radius 1 is 1.27 bits per heavy atom. The molecule has 0 radical (unpaired) electrons. The molecular weight excluding hydrogens is 136 g/mol. The summed E-state index contributed by atoms with van der Waals surface area (Å²) < 4.78 is 0. The topological polar surface area (TPSA) is 15.3 Å². The summed E-state index contributed by atoms with van der Waals surface area (Å²) in [5.41, 5.74) is 0. The highest BCUT2D eigenvalue weighted by atomic mass is 15.3. The molecule has 0 amide bonds. The number of nitrogens with one attached hydrogen (secondary N) is 1. The first-order valence-electron chi connectivity index (χ1n) is 4.52. The number of likely N-dealkylation sites (N-methyl/N-ethyl adjacent to an activating group) is 1. The van der Waals surface area contributed by atoms with Gasteiger partial charge in [0, 0.05) is 12.1 Å². The van der Waals surface area contributed by atoms with Gasteiger partial charge in [0.1, 0.15) is 0 Å². The van der Waals surface area contributed by atoms with Crippen molar-refractivity contribution >= 4 is 0 Å². The zero-order valence-electron chi connectivity index (χ0n) is 8.26. The largest absolute Gasteiger partial charge is 0.298 e. The van der Waals surface area contributed by atoms with Crippen molar-refractivity contribution in [3.63, 3.8) is 0 Å². The Labute approximate surface area is 70.0 Å². The lowest BCUT2D eigenvalue weighted by Crippen LogP contribution is -2.37. The lowest BCUT2D eigenvalue weighted by Gasteiger charge is -2.26. The highest BCUT2D eigenvalue weighted by Gasteiger charge is 2.34. The SMILES string of the molecule is CC(C)C1C(C)NC(C)N1C. The molecule has 1 aliphatic rings. The van der Waals surface area contributed by atoms with Crippen molar-refractivity contribution in [1.29, 1.82) is 0 Å². The van der Waals surface area contributed by atoms with E-state index in [0.29, 0.717) is 18.2 Å². The Kier molecular flexibility index (Phi) is 2.55. The molecule has 2 heteroatoms. The van der Waals surface area contributed by atoms with Gasteiger partial charge in [-0.15, -0.1) is 0 Å². The Balaban J connectivity index is 2.63. The predicted molar refractivity (Wildman–Crippen MR) is 48.4 cm³/mol. The molecule has 3 atom stereocenters. The van der Waals surface area contributed by atoms with Crippen LogP contribution in [0.1, 0.15) is 27.7 Å². The van der Waals surface area contributed by atoms with Gasteiger partial charge >= 0.3 is 0 Å². The van der Waals surface area contributed by atoms with E-state index >= 15 is 0 Å². The van der Waals surface area contributed by atoms with Crippen molar-refractivity contribution in [1.82, 2.24) is 10.2 Å². The zero-order chi connectivity index (χ0) is 8.59. The summed E-state index contributed by atoms with van der Waals surface area (Å²) in [4.78, 5) is 2.43. The van der Waals surface area contributed by atoms with Crippen LogP contribution in [0.15, 0.2) is 0 Å². The molecule has 1 rings (SSSR count). The third-order valence-electron chi connectivity index (χ3n) is 2.78. The number of hydrogen-bond acceptors (Lipinski definition) is 2. The summed E-state index contributed by atoms with van der Waals surface area (Å²) >= 11 is 0. The maximum Gasteiger partial charge on any atom is 0.0571 e. The summed E-state index contributed by atoms with van der Waals surface area (Å²) in [5.74, 6) is 0.743. The Hall–Kier alpha value is -0.0800. The fourth-order valence-corrected chi connectivity index (χ4v) is 2.26. The van der Waals surface area contributed by atoms with Gasteiger partial charge in [0.2, 0.25) is 0 Å². The minimum Gasteiger partial charge on any atom is -0.298 e. The third kappa shape index (κ3) is 1.57. The van der Waals surface area contributed by atoms with Crippen LogP contribution in [0.4, 0.5) is 0 Å². The van der Waals surface area contributed by atoms with E-state index < -0.39 is 0 Å². The first-order valence-corrected chi connectivity index (χ1v) is 4.52. The summed E-state index contributed by atoms with van der Waals surface area (Å²) in [6.07, 6.45) is 0.539. The highest BCUT2D eigenvalue weighted by Crippen LogP contribution is 2.20. The van der Waals surface area contributed by atoms with Crippen molar-refractivity contribution in [2.24, 2.45) is 5.92 Å². The number of rotatable bonds is 1. The molecule has 0 aromatic rings. The lowest BCUT2D eigenvalue weighted by atomic mass is 9.98. The molecule has 1 N–H and O–H groups in total. The van der Waals surface area contributed by atoms with E-state index in [0.717, 1.165) is 5.92 Å². The minimum absolute atomic E-state index is 0.539. The molecule has 66 valence electrons. The van der Waals surface area contributed by atoms with Crippen LogP contribution < -0.4 is 5.32 Å². The van der Waals surface area contributed by atoms with Crippen LogP contribution >= 0.6 is 0 Å². The second-order valence-corrected chi connectivity index (χ2v) is 4.03. The first kappa shape index (κ1) is 9.01. The fourth-order valence-electron chi connectivity index (χ4n) is 2.26. The van der Waals surface area contributed by atoms with E-state index in [1.165, 1.54) is 0 Å². The van der Waals surface area contributed by atoms with Gasteiger partial charge in [0.25, 0.3) is 0 Å². The van der Waals surface area contributed by atoms with E-state index in [2.05, 4.69) is 45.0 Å². The van der Waals surface area contributed by atoms with Crippen LogP contribution in [0, 0.1) is 5.92 Å². The number of hydrogen-bond donors (Lipinski definition) is 1. The molecule has 1 heterocycles. The van der Waals surface area contributed by atoms with Gasteiger partial charge in [0.05, 0.1) is 6.17 Å². The molecule has 0 spiro atoms. The quantitative estimate of drug-likeness (QED) is 0.615. The molecule has 0 bridgehead atoms. The maximum atomic E-state index is 3.52. The van der Waals surface area contributed by atoms with Gasteiger partial charge in [-0.1, -0.05) is 13.8 Å². The normalized spacial score (nSPS) is 40.4. The molecule has 1 saturated heterocycles. The second-order valence-electron chi connectivity index (χ2n) is 4.03. The zero-order valence-corrected chi connectivity index (χ0v) is 8.26. The molecule has 1 fully saturated rings. The van der Waals surface area contributed by atoms with Crippen molar-refractivity contribution in [3.8, 4) is 0 Å². The summed E-state index contributed by atoms with van der Waals surface area (Å²) in [6.45, 7) is 9.07. The van der Waals surface area contributed by atoms with Gasteiger partial charge in [-0.2, -0.15) is 0 Å². The maximum absolute atomic E-state index is 3.52. The highest BCUT2D eigenvalue weighted by molar-refractivity contribution is 4.91. The van der Waals surface area contributed by atoms with Crippen molar-refractivity contribution in [3.05, 3.63) is 0 Å². The molecule has 0 aromatic carbocycles. The molecule has 3 unspecified atom stereocenters. The van der Waals surface area contributed by atoms with Crippen molar-refractivity contribution < 1.29 is 0 Å². The Morgan fingerprint density at radius 2 is 1.82 bits per heavy atom. The molecule has 0 saturated carbocycles. The van der Waals surface area contributed by atoms with Crippen LogP contribution in [-0.2, 0) is 0 Å². The fraction of sp³-hybridized carbons (Fsp3) is 1.00. The van der Waals surface area contributed by atoms with E-state index in [1.54, 1.807) is 0 Å². The van der Waals surface area contributed by atoms with Gasteiger partial charge in [-0.25, -0.2) is 0 Å². The van der Waals surface area contributed by atoms with E-state index in [9.17, 15) is 0 Å². The Bertz CT molecular complexity index is 134. The summed E-state index contributed by atoms with van der Waals surface area (Å²) in [6, 6.07) is 1.33. The smallest absolute Gasteiger partial charge is 0.0571 e. The van der Waals surface area contributed by atoms with Gasteiger partial charge < -0.3 is 0 Å². The molecular formula is C9H20N2. The summed E-state index contributed by atoms with van der Waals surface area (Å²) in [7, 11) is 2.20. The predicted octanol–water partition coefficient (Wildman–Crippen LogP) is 1.28. The van der Waals surface area contributed by atoms with Crippen molar-refractivity contribution in [2.45, 2.75) is 45.9 Å². The van der Waals surface area contributed by atoms with Crippen LogP contribution in [0.5, 0.6) is 0 Å². The average molecular weight is 156 g/mol. The average Bonchev–Trinajstić information content (AvgIpc) is 2.07. The Morgan fingerprint density at radius 3 is 2.00 bits per heavy atom. The van der Waals surface area contributed by atoms with Crippen LogP contribution in [0.25, 0.3) is 0 Å². The van der Waals surface area contributed by atoms with Crippen LogP contribution in [0.3, 0.4) is 0 Å². The minimum atomic E-state index is 0.539. The third-order valence-corrected chi connectivity index (χ3v) is 2.78. The van der Waals surface area contributed by atoms with Crippen LogP contribution in [-0.4, -0.2) is 30.2 Å². The van der Waals surface area contributed by atoms with E-state index in [4.69, 9.17) is 0 Å². The molecule has 11 heavy (non-hydrogen) atoms. The lowest BCUT2D eigenvalue weighted by molar-refractivity contribution is 0.200. The van der Waals surface area contributed by atoms with E-state index in [1.807, 2.05) is 0 Å². The number of nitrogens with zero attached hydrogens (tertiary/aromatic N) is 1. The molecule has 0 aromatic heterocycles. The van der Waals surface area contributed by atoms with Gasteiger partial charge in [0.15, 0.2) is 0 Å². The summed E-state index contributed by atoms with van der Waals surface area (Å²) in [5, 5.41) is 3.52. The standard InChI is InChI=1S/C9H20N2/c1-6(2)9-7(3)10-8(4)11(9)5/h6-10H,1-5H3. The molecule has 1 aliphatic heterocycles. The molecule has 0 aliphatic carbocycles. The second kappa shape index (κ2) is 3.11. The van der Waals surface area contributed by atoms with Crippen molar-refractivity contribution in [2.75, 3.05) is 7.05 Å². The van der Waals surface area contributed by atoms with E-state index in [-0.39, 0.29) is 0 Å². The van der Waals surface area contributed by atoms with Crippen LogP contribution in [0.2, 0.25) is 0 Å².